The Labute approximate surface area is 94.9 Å². The molecule has 78 valence electrons. The number of benzene rings is 1. The summed E-state index contributed by atoms with van der Waals surface area (Å²) >= 11 is 6.02. The minimum absolute atomic E-state index is 0.295. The highest BCUT2D eigenvalue weighted by Gasteiger charge is 2.34. The summed E-state index contributed by atoms with van der Waals surface area (Å²) in [5, 5.41) is 0.839. The highest BCUT2D eigenvalue weighted by molar-refractivity contribution is 6.30. The number of hydrogen-bond donors (Lipinski definition) is 1. The normalized spacial score (nSPS) is 32.5. The van der Waals surface area contributed by atoms with Crippen molar-refractivity contribution in [1.29, 1.82) is 0 Å². The van der Waals surface area contributed by atoms with Gasteiger partial charge in [-0.2, -0.15) is 0 Å². The molecule has 0 aliphatic heterocycles. The Morgan fingerprint density at radius 1 is 1.33 bits per heavy atom. The first-order valence-electron chi connectivity index (χ1n) is 5.46. The largest absolute Gasteiger partial charge is 0.327 e. The van der Waals surface area contributed by atoms with Crippen LogP contribution in [0.3, 0.4) is 0 Å². The van der Waals surface area contributed by atoms with E-state index in [-0.39, 0.29) is 0 Å². The molecule has 0 fully saturated rings. The molecule has 2 N–H and O–H groups in total. The molecule has 0 aromatic heterocycles. The first-order valence-corrected chi connectivity index (χ1v) is 5.84. The van der Waals surface area contributed by atoms with Crippen molar-refractivity contribution in [2.75, 3.05) is 0 Å². The van der Waals surface area contributed by atoms with Crippen molar-refractivity contribution in [1.82, 2.24) is 0 Å². The second-order valence-corrected chi connectivity index (χ2v) is 5.00. The third-order valence-corrected chi connectivity index (χ3v) is 3.93. The Morgan fingerprint density at radius 2 is 2.20 bits per heavy atom. The molecule has 2 aliphatic carbocycles. The van der Waals surface area contributed by atoms with E-state index in [0.717, 1.165) is 17.9 Å². The van der Waals surface area contributed by atoms with Gasteiger partial charge < -0.3 is 5.73 Å². The average molecular weight is 220 g/mol. The lowest BCUT2D eigenvalue weighted by Gasteiger charge is -2.38. The van der Waals surface area contributed by atoms with Crippen molar-refractivity contribution in [2.24, 2.45) is 11.7 Å². The molecule has 2 heteroatoms. The Hall–Kier alpha value is -0.790. The standard InChI is InChI=1S/C13H14ClN/c14-10-4-5-11-9(7-10)6-8-2-1-3-12(11)13(8)15/h1-2,4-5,7-8,12-13H,3,6,15H2/t8?,12?,13-/m0/s1. The van der Waals surface area contributed by atoms with Gasteiger partial charge in [0.05, 0.1) is 0 Å². The van der Waals surface area contributed by atoms with Crippen molar-refractivity contribution in [3.05, 3.63) is 46.5 Å². The smallest absolute Gasteiger partial charge is 0.0408 e. The van der Waals surface area contributed by atoms with Gasteiger partial charge in [0.25, 0.3) is 0 Å². The van der Waals surface area contributed by atoms with E-state index in [9.17, 15) is 0 Å². The van der Waals surface area contributed by atoms with Gasteiger partial charge in [-0.15, -0.1) is 0 Å². The molecule has 0 radical (unpaired) electrons. The highest BCUT2D eigenvalue weighted by Crippen LogP contribution is 2.40. The summed E-state index contributed by atoms with van der Waals surface area (Å²) < 4.78 is 0. The lowest BCUT2D eigenvalue weighted by molar-refractivity contribution is 0.377. The van der Waals surface area contributed by atoms with Crippen molar-refractivity contribution >= 4 is 11.6 Å². The van der Waals surface area contributed by atoms with Crippen LogP contribution in [-0.4, -0.2) is 6.04 Å². The fourth-order valence-electron chi connectivity index (χ4n) is 2.89. The molecule has 1 aromatic carbocycles. The van der Waals surface area contributed by atoms with Gasteiger partial charge in [0.15, 0.2) is 0 Å². The molecule has 2 bridgehead atoms. The topological polar surface area (TPSA) is 26.0 Å². The first kappa shape index (κ1) is 9.44. The summed E-state index contributed by atoms with van der Waals surface area (Å²) in [4.78, 5) is 0. The van der Waals surface area contributed by atoms with Gasteiger partial charge in [-0.1, -0.05) is 29.8 Å². The van der Waals surface area contributed by atoms with E-state index < -0.39 is 0 Å². The van der Waals surface area contributed by atoms with Crippen LogP contribution in [0.2, 0.25) is 5.02 Å². The summed E-state index contributed by atoms with van der Waals surface area (Å²) in [6, 6.07) is 6.52. The molecule has 1 nitrogen and oxygen atoms in total. The van der Waals surface area contributed by atoms with Crippen LogP contribution in [0.25, 0.3) is 0 Å². The molecule has 15 heavy (non-hydrogen) atoms. The van der Waals surface area contributed by atoms with Gasteiger partial charge in [0, 0.05) is 17.0 Å². The molecular formula is C13H14ClN. The first-order chi connectivity index (χ1) is 7.25. The summed E-state index contributed by atoms with van der Waals surface area (Å²) in [5.74, 6) is 1.01. The number of fused-ring (bicyclic) bond motifs is 4. The molecule has 3 rings (SSSR count). The maximum Gasteiger partial charge on any atom is 0.0408 e. The molecule has 1 aromatic rings. The second-order valence-electron chi connectivity index (χ2n) is 4.56. The van der Waals surface area contributed by atoms with Gasteiger partial charge >= 0.3 is 0 Å². The van der Waals surface area contributed by atoms with Crippen LogP contribution in [0, 0.1) is 5.92 Å². The van der Waals surface area contributed by atoms with Crippen LogP contribution in [0.1, 0.15) is 23.5 Å². The summed E-state index contributed by atoms with van der Waals surface area (Å²) in [7, 11) is 0. The Bertz CT molecular complexity index is 425. The summed E-state index contributed by atoms with van der Waals surface area (Å²) in [5.41, 5.74) is 9.05. The fourth-order valence-corrected chi connectivity index (χ4v) is 3.08. The van der Waals surface area contributed by atoms with E-state index in [4.69, 9.17) is 17.3 Å². The van der Waals surface area contributed by atoms with E-state index in [2.05, 4.69) is 24.3 Å². The van der Waals surface area contributed by atoms with Gasteiger partial charge in [-0.25, -0.2) is 0 Å². The fraction of sp³-hybridized carbons (Fsp3) is 0.385. The third-order valence-electron chi connectivity index (χ3n) is 3.69. The zero-order valence-electron chi connectivity index (χ0n) is 8.49. The van der Waals surface area contributed by atoms with Gasteiger partial charge in [0.1, 0.15) is 0 Å². The zero-order valence-corrected chi connectivity index (χ0v) is 9.24. The summed E-state index contributed by atoms with van der Waals surface area (Å²) in [6.07, 6.45) is 6.66. The number of rotatable bonds is 0. The minimum atomic E-state index is 0.295. The van der Waals surface area contributed by atoms with E-state index in [0.29, 0.717) is 17.9 Å². The zero-order chi connectivity index (χ0) is 10.4. The Morgan fingerprint density at radius 3 is 3.07 bits per heavy atom. The predicted octanol–water partition coefficient (Wildman–Crippen LogP) is 2.88. The molecular weight excluding hydrogens is 206 g/mol. The Kier molecular flexibility index (Phi) is 2.11. The highest BCUT2D eigenvalue weighted by atomic mass is 35.5. The Balaban J connectivity index is 2.12. The predicted molar refractivity (Wildman–Crippen MR) is 63.1 cm³/mol. The number of halogens is 1. The molecule has 3 atom stereocenters. The van der Waals surface area contributed by atoms with Gasteiger partial charge in [-0.3, -0.25) is 0 Å². The maximum absolute atomic E-state index is 6.25. The van der Waals surface area contributed by atoms with Crippen LogP contribution >= 0.6 is 11.6 Å². The minimum Gasteiger partial charge on any atom is -0.327 e. The van der Waals surface area contributed by atoms with Crippen molar-refractivity contribution in [3.8, 4) is 0 Å². The van der Waals surface area contributed by atoms with E-state index >= 15 is 0 Å². The van der Waals surface area contributed by atoms with E-state index in [1.807, 2.05) is 6.07 Å². The quantitative estimate of drug-likeness (QED) is 0.668. The lowest BCUT2D eigenvalue weighted by Crippen LogP contribution is -2.42. The van der Waals surface area contributed by atoms with Crippen LogP contribution in [-0.2, 0) is 6.42 Å². The van der Waals surface area contributed by atoms with Crippen molar-refractivity contribution in [3.63, 3.8) is 0 Å². The number of nitrogens with two attached hydrogens (primary N) is 1. The van der Waals surface area contributed by atoms with Crippen LogP contribution in [0.4, 0.5) is 0 Å². The van der Waals surface area contributed by atoms with E-state index in [1.165, 1.54) is 11.1 Å². The SMILES string of the molecule is N[C@H]1C2C=CCC1c1ccc(Cl)cc1C2. The van der Waals surface area contributed by atoms with Gasteiger partial charge in [0.2, 0.25) is 0 Å². The average Bonchev–Trinajstić information content (AvgIpc) is 2.19. The molecule has 0 saturated carbocycles. The third kappa shape index (κ3) is 1.42. The van der Waals surface area contributed by atoms with Crippen LogP contribution < -0.4 is 5.73 Å². The maximum atomic E-state index is 6.25. The molecule has 0 heterocycles. The molecule has 2 aliphatic rings. The van der Waals surface area contributed by atoms with Crippen LogP contribution in [0.5, 0.6) is 0 Å². The monoisotopic (exact) mass is 219 g/mol. The molecule has 2 unspecified atom stereocenters. The molecule has 0 spiro atoms. The molecule has 0 saturated heterocycles. The second kappa shape index (κ2) is 3.36. The summed E-state index contributed by atoms with van der Waals surface area (Å²) in [6.45, 7) is 0. The van der Waals surface area contributed by atoms with Crippen molar-refractivity contribution in [2.45, 2.75) is 24.8 Å². The van der Waals surface area contributed by atoms with Crippen molar-refractivity contribution < 1.29 is 0 Å². The van der Waals surface area contributed by atoms with Crippen LogP contribution in [0.15, 0.2) is 30.4 Å². The number of allylic oxidation sites excluding steroid dienone is 1. The molecule has 0 amide bonds. The van der Waals surface area contributed by atoms with Gasteiger partial charge in [-0.05, 0) is 42.0 Å². The number of hydrogen-bond acceptors (Lipinski definition) is 1. The van der Waals surface area contributed by atoms with E-state index in [1.54, 1.807) is 0 Å². The lowest BCUT2D eigenvalue weighted by atomic mass is 9.69.